The maximum atomic E-state index is 12.6. The standard InChI is InChI=1S/C17H26O/c1-16(2,3)12-14(15(18)17(4,5)6)13-10-8-7-9-11-13/h7-11,14H,12H2,1-6H3/t14-/m0/s1. The number of Topliss-reactive ketones (excluding diaryl/α,β-unsaturated/α-hetero) is 1. The monoisotopic (exact) mass is 246 g/mol. The van der Waals surface area contributed by atoms with E-state index < -0.39 is 0 Å². The van der Waals surface area contributed by atoms with Crippen LogP contribution in [0.2, 0.25) is 0 Å². The second-order valence-corrected chi connectivity index (χ2v) is 7.34. The Kier molecular flexibility index (Phi) is 4.37. The zero-order valence-corrected chi connectivity index (χ0v) is 12.6. The summed E-state index contributed by atoms with van der Waals surface area (Å²) in [6.45, 7) is 12.6. The molecule has 0 saturated carbocycles. The molecule has 100 valence electrons. The van der Waals surface area contributed by atoms with Gasteiger partial charge in [-0.3, -0.25) is 4.79 Å². The van der Waals surface area contributed by atoms with Gasteiger partial charge < -0.3 is 0 Å². The molecule has 1 atom stereocenters. The summed E-state index contributed by atoms with van der Waals surface area (Å²) in [5.74, 6) is 0.342. The molecule has 1 heteroatoms. The third-order valence-electron chi connectivity index (χ3n) is 3.07. The van der Waals surface area contributed by atoms with Crippen molar-refractivity contribution in [1.29, 1.82) is 0 Å². The minimum atomic E-state index is -0.286. The second kappa shape index (κ2) is 5.26. The lowest BCUT2D eigenvalue weighted by atomic mass is 9.73. The van der Waals surface area contributed by atoms with Crippen LogP contribution >= 0.6 is 0 Å². The van der Waals surface area contributed by atoms with E-state index in [0.29, 0.717) is 5.78 Å². The van der Waals surface area contributed by atoms with Crippen molar-refractivity contribution in [3.05, 3.63) is 35.9 Å². The average Bonchev–Trinajstić information content (AvgIpc) is 2.24. The number of carbonyl (C=O) groups is 1. The van der Waals surface area contributed by atoms with Gasteiger partial charge in [-0.25, -0.2) is 0 Å². The summed E-state index contributed by atoms with van der Waals surface area (Å²) in [5, 5.41) is 0. The third-order valence-corrected chi connectivity index (χ3v) is 3.07. The molecule has 0 aromatic heterocycles. The number of benzene rings is 1. The molecule has 1 nitrogen and oxygen atoms in total. The van der Waals surface area contributed by atoms with Crippen molar-refractivity contribution in [3.63, 3.8) is 0 Å². The summed E-state index contributed by atoms with van der Waals surface area (Å²) in [6.07, 6.45) is 0.896. The van der Waals surface area contributed by atoms with Crippen LogP contribution in [-0.2, 0) is 4.79 Å². The van der Waals surface area contributed by atoms with Crippen molar-refractivity contribution in [1.82, 2.24) is 0 Å². The number of hydrogen-bond acceptors (Lipinski definition) is 1. The van der Waals surface area contributed by atoms with E-state index in [-0.39, 0.29) is 16.7 Å². The minimum absolute atomic E-state index is 0.00574. The van der Waals surface area contributed by atoms with Gasteiger partial charge in [0.1, 0.15) is 5.78 Å². The zero-order chi connectivity index (χ0) is 14.0. The first-order valence-electron chi connectivity index (χ1n) is 6.70. The van der Waals surface area contributed by atoms with E-state index in [9.17, 15) is 4.79 Å². The summed E-state index contributed by atoms with van der Waals surface area (Å²) in [7, 11) is 0. The SMILES string of the molecule is CC(C)(C)C[C@H](C(=O)C(C)(C)C)c1ccccc1. The Labute approximate surface area is 112 Å². The maximum absolute atomic E-state index is 12.6. The molecule has 0 heterocycles. The van der Waals surface area contributed by atoms with Gasteiger partial charge in [0.25, 0.3) is 0 Å². The molecule has 0 bridgehead atoms. The minimum Gasteiger partial charge on any atom is -0.298 e. The lowest BCUT2D eigenvalue weighted by Crippen LogP contribution is -2.29. The van der Waals surface area contributed by atoms with Gasteiger partial charge in [-0.15, -0.1) is 0 Å². The Balaban J connectivity index is 3.08. The molecule has 0 amide bonds. The van der Waals surface area contributed by atoms with Crippen LogP contribution in [0.4, 0.5) is 0 Å². The van der Waals surface area contributed by atoms with E-state index in [1.807, 2.05) is 39.0 Å². The molecule has 0 aliphatic heterocycles. The number of hydrogen-bond donors (Lipinski definition) is 0. The smallest absolute Gasteiger partial charge is 0.145 e. The van der Waals surface area contributed by atoms with Crippen LogP contribution in [0, 0.1) is 10.8 Å². The lowest BCUT2D eigenvalue weighted by molar-refractivity contribution is -0.128. The van der Waals surface area contributed by atoms with Crippen LogP contribution in [0.15, 0.2) is 30.3 Å². The van der Waals surface area contributed by atoms with E-state index in [2.05, 4.69) is 32.9 Å². The Morgan fingerprint density at radius 3 is 1.89 bits per heavy atom. The highest BCUT2D eigenvalue weighted by Gasteiger charge is 2.33. The summed E-state index contributed by atoms with van der Waals surface area (Å²) >= 11 is 0. The third kappa shape index (κ3) is 4.29. The summed E-state index contributed by atoms with van der Waals surface area (Å²) in [5.41, 5.74) is 1.01. The quantitative estimate of drug-likeness (QED) is 0.747. The molecule has 1 aromatic carbocycles. The Morgan fingerprint density at radius 1 is 1.00 bits per heavy atom. The van der Waals surface area contributed by atoms with Gasteiger partial charge in [0.05, 0.1) is 0 Å². The van der Waals surface area contributed by atoms with Crippen LogP contribution in [-0.4, -0.2) is 5.78 Å². The second-order valence-electron chi connectivity index (χ2n) is 7.34. The molecule has 0 aliphatic carbocycles. The fourth-order valence-electron chi connectivity index (χ4n) is 2.18. The Hall–Kier alpha value is -1.11. The van der Waals surface area contributed by atoms with E-state index in [4.69, 9.17) is 0 Å². The van der Waals surface area contributed by atoms with E-state index in [1.165, 1.54) is 0 Å². The number of rotatable bonds is 3. The van der Waals surface area contributed by atoms with Crippen LogP contribution in [0.25, 0.3) is 0 Å². The van der Waals surface area contributed by atoms with Crippen LogP contribution < -0.4 is 0 Å². The molecule has 0 unspecified atom stereocenters. The van der Waals surface area contributed by atoms with Gasteiger partial charge in [0.2, 0.25) is 0 Å². The Bertz CT molecular complexity index is 390. The highest BCUT2D eigenvalue weighted by molar-refractivity contribution is 5.90. The van der Waals surface area contributed by atoms with Crippen molar-refractivity contribution in [3.8, 4) is 0 Å². The summed E-state index contributed by atoms with van der Waals surface area (Å²) in [4.78, 5) is 12.6. The molecule has 0 aliphatic rings. The van der Waals surface area contributed by atoms with Crippen LogP contribution in [0.3, 0.4) is 0 Å². The summed E-state index contributed by atoms with van der Waals surface area (Å²) < 4.78 is 0. The van der Waals surface area contributed by atoms with Crippen molar-refractivity contribution in [2.24, 2.45) is 10.8 Å². The first kappa shape index (κ1) is 14.9. The van der Waals surface area contributed by atoms with Gasteiger partial charge in [-0.05, 0) is 17.4 Å². The Morgan fingerprint density at radius 2 is 1.50 bits per heavy atom. The largest absolute Gasteiger partial charge is 0.298 e. The molecular formula is C17H26O. The first-order chi connectivity index (χ1) is 8.11. The molecule has 0 saturated heterocycles. The predicted molar refractivity (Wildman–Crippen MR) is 77.7 cm³/mol. The van der Waals surface area contributed by atoms with Gasteiger partial charge in [-0.2, -0.15) is 0 Å². The van der Waals surface area contributed by atoms with E-state index >= 15 is 0 Å². The average molecular weight is 246 g/mol. The first-order valence-corrected chi connectivity index (χ1v) is 6.70. The number of carbonyl (C=O) groups excluding carboxylic acids is 1. The molecule has 0 N–H and O–H groups in total. The van der Waals surface area contributed by atoms with Gasteiger partial charge >= 0.3 is 0 Å². The van der Waals surface area contributed by atoms with Crippen LogP contribution in [0.5, 0.6) is 0 Å². The fraction of sp³-hybridized carbons (Fsp3) is 0.588. The maximum Gasteiger partial charge on any atom is 0.145 e. The molecular weight excluding hydrogens is 220 g/mol. The molecule has 1 aromatic rings. The number of ketones is 1. The molecule has 0 fully saturated rings. The normalized spacial score (nSPS) is 14.3. The molecule has 0 radical (unpaired) electrons. The topological polar surface area (TPSA) is 17.1 Å². The van der Waals surface area contributed by atoms with Crippen molar-refractivity contribution < 1.29 is 4.79 Å². The zero-order valence-electron chi connectivity index (χ0n) is 12.6. The molecule has 0 spiro atoms. The predicted octanol–water partition coefficient (Wildman–Crippen LogP) is 4.82. The van der Waals surface area contributed by atoms with Gasteiger partial charge in [-0.1, -0.05) is 71.9 Å². The fourth-order valence-corrected chi connectivity index (χ4v) is 2.18. The van der Waals surface area contributed by atoms with E-state index in [0.717, 1.165) is 12.0 Å². The highest BCUT2D eigenvalue weighted by Crippen LogP contribution is 2.36. The van der Waals surface area contributed by atoms with Crippen molar-refractivity contribution >= 4 is 5.78 Å². The molecule has 1 rings (SSSR count). The van der Waals surface area contributed by atoms with E-state index in [1.54, 1.807) is 0 Å². The lowest BCUT2D eigenvalue weighted by Gasteiger charge is -2.30. The summed E-state index contributed by atoms with van der Waals surface area (Å²) in [6, 6.07) is 10.2. The van der Waals surface area contributed by atoms with Crippen molar-refractivity contribution in [2.45, 2.75) is 53.9 Å². The van der Waals surface area contributed by atoms with Gasteiger partial charge in [0, 0.05) is 11.3 Å². The van der Waals surface area contributed by atoms with Crippen molar-refractivity contribution in [2.75, 3.05) is 0 Å². The van der Waals surface area contributed by atoms with Crippen LogP contribution in [0.1, 0.15) is 59.4 Å². The van der Waals surface area contributed by atoms with Gasteiger partial charge in [0.15, 0.2) is 0 Å². The molecule has 18 heavy (non-hydrogen) atoms. The highest BCUT2D eigenvalue weighted by atomic mass is 16.1.